The topological polar surface area (TPSA) is 38.5 Å². The summed E-state index contributed by atoms with van der Waals surface area (Å²) in [4.78, 5) is 2.63. The predicted molar refractivity (Wildman–Crippen MR) is 69.0 cm³/mol. The number of rotatable bonds is 3. The molecule has 2 saturated heterocycles. The van der Waals surface area contributed by atoms with E-state index in [-0.39, 0.29) is 12.4 Å². The predicted octanol–water partition coefficient (Wildman–Crippen LogP) is 1.50. The Morgan fingerprint density at radius 1 is 1.25 bits per heavy atom. The molecule has 0 spiro atoms. The maximum Gasteiger partial charge on any atom is 0.0469 e. The van der Waals surface area contributed by atoms with Crippen LogP contribution in [0, 0.1) is 11.8 Å². The smallest absolute Gasteiger partial charge is 0.0469 e. The van der Waals surface area contributed by atoms with E-state index in [1.807, 2.05) is 0 Å². The zero-order valence-corrected chi connectivity index (χ0v) is 11.0. The Bertz CT molecular complexity index is 197. The van der Waals surface area contributed by atoms with Gasteiger partial charge in [0.2, 0.25) is 0 Å². The standard InChI is InChI=1S/C12H24N2O.ClH/c1-10-6-12(7-13)9-14(10)8-11-2-4-15-5-3-11;/h10-12H,2-9,13H2,1H3;1H. The van der Waals surface area contributed by atoms with Crippen molar-refractivity contribution < 1.29 is 4.74 Å². The molecule has 2 aliphatic heterocycles. The van der Waals surface area contributed by atoms with Crippen molar-refractivity contribution in [2.24, 2.45) is 17.6 Å². The molecule has 96 valence electrons. The molecular weight excluding hydrogens is 224 g/mol. The zero-order valence-electron chi connectivity index (χ0n) is 10.2. The highest BCUT2D eigenvalue weighted by Crippen LogP contribution is 2.25. The molecule has 2 unspecified atom stereocenters. The molecule has 0 aliphatic carbocycles. The van der Waals surface area contributed by atoms with Gasteiger partial charge in [-0.25, -0.2) is 0 Å². The Morgan fingerprint density at radius 3 is 2.50 bits per heavy atom. The van der Waals surface area contributed by atoms with E-state index < -0.39 is 0 Å². The normalized spacial score (nSPS) is 32.6. The Labute approximate surface area is 105 Å². The van der Waals surface area contributed by atoms with Crippen molar-refractivity contribution in [3.8, 4) is 0 Å². The summed E-state index contributed by atoms with van der Waals surface area (Å²) in [7, 11) is 0. The van der Waals surface area contributed by atoms with E-state index in [4.69, 9.17) is 10.5 Å². The van der Waals surface area contributed by atoms with E-state index in [0.29, 0.717) is 0 Å². The maximum absolute atomic E-state index is 5.74. The van der Waals surface area contributed by atoms with Crippen LogP contribution in [-0.2, 0) is 4.74 Å². The highest BCUT2D eigenvalue weighted by atomic mass is 35.5. The summed E-state index contributed by atoms with van der Waals surface area (Å²) in [5.74, 6) is 1.59. The molecule has 4 heteroatoms. The van der Waals surface area contributed by atoms with Gasteiger partial charge in [-0.05, 0) is 44.6 Å². The highest BCUT2D eigenvalue weighted by molar-refractivity contribution is 5.85. The number of ether oxygens (including phenoxy) is 1. The molecule has 0 bridgehead atoms. The van der Waals surface area contributed by atoms with Crippen molar-refractivity contribution in [3.05, 3.63) is 0 Å². The second kappa shape index (κ2) is 6.80. The van der Waals surface area contributed by atoms with Crippen molar-refractivity contribution in [1.29, 1.82) is 0 Å². The molecule has 0 aromatic carbocycles. The molecule has 2 heterocycles. The van der Waals surface area contributed by atoms with E-state index in [0.717, 1.165) is 37.6 Å². The summed E-state index contributed by atoms with van der Waals surface area (Å²) in [5.41, 5.74) is 5.74. The summed E-state index contributed by atoms with van der Waals surface area (Å²) in [6, 6.07) is 0.737. The zero-order chi connectivity index (χ0) is 10.7. The molecule has 2 atom stereocenters. The van der Waals surface area contributed by atoms with E-state index in [2.05, 4.69) is 11.8 Å². The Hall–Kier alpha value is 0.170. The fraction of sp³-hybridized carbons (Fsp3) is 1.00. The van der Waals surface area contributed by atoms with Crippen molar-refractivity contribution in [2.45, 2.75) is 32.2 Å². The molecule has 2 N–H and O–H groups in total. The number of halogens is 1. The number of nitrogens with zero attached hydrogens (tertiary/aromatic N) is 1. The van der Waals surface area contributed by atoms with E-state index in [9.17, 15) is 0 Å². The van der Waals surface area contributed by atoms with Crippen molar-refractivity contribution in [2.75, 3.05) is 32.8 Å². The average molecular weight is 249 g/mol. The molecule has 0 saturated carbocycles. The molecule has 16 heavy (non-hydrogen) atoms. The van der Waals surface area contributed by atoms with Crippen LogP contribution in [0.1, 0.15) is 26.2 Å². The lowest BCUT2D eigenvalue weighted by Gasteiger charge is -2.29. The molecule has 0 aromatic heterocycles. The largest absolute Gasteiger partial charge is 0.381 e. The number of nitrogens with two attached hydrogens (primary N) is 1. The number of hydrogen-bond acceptors (Lipinski definition) is 3. The monoisotopic (exact) mass is 248 g/mol. The SMILES string of the molecule is CC1CC(CN)CN1CC1CCOCC1.Cl. The minimum Gasteiger partial charge on any atom is -0.381 e. The van der Waals surface area contributed by atoms with Crippen LogP contribution in [0.5, 0.6) is 0 Å². The highest BCUT2D eigenvalue weighted by Gasteiger charge is 2.29. The van der Waals surface area contributed by atoms with Gasteiger partial charge in [-0.2, -0.15) is 0 Å². The molecule has 0 aromatic rings. The summed E-state index contributed by atoms with van der Waals surface area (Å²) in [6.45, 7) is 7.61. The van der Waals surface area contributed by atoms with Gasteiger partial charge in [-0.3, -0.25) is 0 Å². The fourth-order valence-corrected chi connectivity index (χ4v) is 2.90. The van der Waals surface area contributed by atoms with Gasteiger partial charge in [0, 0.05) is 32.3 Å². The second-order valence-electron chi connectivity index (χ2n) is 5.20. The third-order valence-electron chi connectivity index (χ3n) is 3.96. The second-order valence-corrected chi connectivity index (χ2v) is 5.20. The van der Waals surface area contributed by atoms with Gasteiger partial charge in [0.05, 0.1) is 0 Å². The van der Waals surface area contributed by atoms with E-state index in [1.54, 1.807) is 0 Å². The molecule has 2 aliphatic rings. The van der Waals surface area contributed by atoms with Gasteiger partial charge in [-0.15, -0.1) is 12.4 Å². The van der Waals surface area contributed by atoms with Crippen LogP contribution in [0.4, 0.5) is 0 Å². The first-order valence-corrected chi connectivity index (χ1v) is 6.31. The van der Waals surface area contributed by atoms with Crippen molar-refractivity contribution >= 4 is 12.4 Å². The maximum atomic E-state index is 5.74. The van der Waals surface area contributed by atoms with Gasteiger partial charge in [0.25, 0.3) is 0 Å². The molecule has 0 amide bonds. The van der Waals surface area contributed by atoms with Gasteiger partial charge >= 0.3 is 0 Å². The van der Waals surface area contributed by atoms with E-state index >= 15 is 0 Å². The first-order valence-electron chi connectivity index (χ1n) is 6.31. The van der Waals surface area contributed by atoms with Gasteiger partial charge in [-0.1, -0.05) is 0 Å². The van der Waals surface area contributed by atoms with Crippen LogP contribution >= 0.6 is 12.4 Å². The third-order valence-corrected chi connectivity index (χ3v) is 3.96. The minimum atomic E-state index is 0. The minimum absolute atomic E-state index is 0. The summed E-state index contributed by atoms with van der Waals surface area (Å²) >= 11 is 0. The molecular formula is C12H25ClN2O. The lowest BCUT2D eigenvalue weighted by atomic mass is 9.99. The Balaban J connectivity index is 0.00000128. The summed E-state index contributed by atoms with van der Waals surface area (Å²) < 4.78 is 5.39. The molecule has 2 rings (SSSR count). The quantitative estimate of drug-likeness (QED) is 0.823. The lowest BCUT2D eigenvalue weighted by Crippen LogP contribution is -2.35. The van der Waals surface area contributed by atoms with Crippen LogP contribution < -0.4 is 5.73 Å². The Kier molecular flexibility index (Phi) is 6.05. The van der Waals surface area contributed by atoms with E-state index in [1.165, 1.54) is 32.4 Å². The summed E-state index contributed by atoms with van der Waals surface area (Å²) in [6.07, 6.45) is 3.78. The molecule has 2 fully saturated rings. The first kappa shape index (κ1) is 14.2. The summed E-state index contributed by atoms with van der Waals surface area (Å²) in [5, 5.41) is 0. The van der Waals surface area contributed by atoms with Gasteiger partial charge in [0.1, 0.15) is 0 Å². The molecule has 0 radical (unpaired) electrons. The van der Waals surface area contributed by atoms with Crippen molar-refractivity contribution in [3.63, 3.8) is 0 Å². The number of hydrogen-bond donors (Lipinski definition) is 1. The average Bonchev–Trinajstić information content (AvgIpc) is 2.61. The van der Waals surface area contributed by atoms with Crippen molar-refractivity contribution in [1.82, 2.24) is 4.90 Å². The van der Waals surface area contributed by atoms with Crippen LogP contribution in [0.25, 0.3) is 0 Å². The van der Waals surface area contributed by atoms with Crippen LogP contribution in [0.15, 0.2) is 0 Å². The van der Waals surface area contributed by atoms with Gasteiger partial charge < -0.3 is 15.4 Å². The van der Waals surface area contributed by atoms with Crippen LogP contribution in [0.3, 0.4) is 0 Å². The molecule has 3 nitrogen and oxygen atoms in total. The first-order chi connectivity index (χ1) is 7.29. The Morgan fingerprint density at radius 2 is 1.94 bits per heavy atom. The fourth-order valence-electron chi connectivity index (χ4n) is 2.90. The number of likely N-dealkylation sites (tertiary alicyclic amines) is 1. The third kappa shape index (κ3) is 3.59. The van der Waals surface area contributed by atoms with Crippen LogP contribution in [0.2, 0.25) is 0 Å². The lowest BCUT2D eigenvalue weighted by molar-refractivity contribution is 0.0513. The van der Waals surface area contributed by atoms with Crippen LogP contribution in [-0.4, -0.2) is 43.8 Å². The van der Waals surface area contributed by atoms with Gasteiger partial charge in [0.15, 0.2) is 0 Å².